The Bertz CT molecular complexity index is 1860. The van der Waals surface area contributed by atoms with E-state index in [0.717, 1.165) is 51.0 Å². The Labute approximate surface area is 246 Å². The van der Waals surface area contributed by atoms with Crippen LogP contribution >= 0.6 is 0 Å². The van der Waals surface area contributed by atoms with E-state index in [-0.39, 0.29) is 0 Å². The van der Waals surface area contributed by atoms with E-state index in [2.05, 4.69) is 161 Å². The highest BCUT2D eigenvalue weighted by molar-refractivity contribution is 5.83. The molecule has 0 saturated carbocycles. The molecule has 0 atom stereocenters. The molecular formula is C38H30N4. The van der Waals surface area contributed by atoms with Crippen LogP contribution in [0.1, 0.15) is 5.56 Å². The number of aryl methyl sites for hydroxylation is 1. The van der Waals surface area contributed by atoms with Crippen LogP contribution in [-0.4, -0.2) is 9.38 Å². The largest absolute Gasteiger partial charge is 0.310 e. The summed E-state index contributed by atoms with van der Waals surface area (Å²) in [6.07, 6.45) is 4.11. The number of fused-ring (bicyclic) bond motifs is 1. The van der Waals surface area contributed by atoms with Crippen molar-refractivity contribution in [1.82, 2.24) is 9.38 Å². The summed E-state index contributed by atoms with van der Waals surface area (Å²) < 4.78 is 2.05. The molecule has 4 nitrogen and oxygen atoms in total. The molecule has 0 aliphatic carbocycles. The van der Waals surface area contributed by atoms with Gasteiger partial charge in [-0.3, -0.25) is 0 Å². The average Bonchev–Trinajstić information content (AvgIpc) is 3.49. The number of imidazole rings is 1. The molecule has 0 N–H and O–H groups in total. The molecule has 5 aromatic carbocycles. The van der Waals surface area contributed by atoms with Gasteiger partial charge in [-0.05, 0) is 91.3 Å². The van der Waals surface area contributed by atoms with Crippen LogP contribution in [-0.2, 0) is 0 Å². The van der Waals surface area contributed by atoms with Crippen LogP contribution in [0.3, 0.4) is 0 Å². The number of hydrogen-bond donors (Lipinski definition) is 0. The predicted molar refractivity (Wildman–Crippen MR) is 175 cm³/mol. The van der Waals surface area contributed by atoms with Gasteiger partial charge >= 0.3 is 0 Å². The second-order valence-electron chi connectivity index (χ2n) is 10.3. The fraction of sp³-hybridized carbons (Fsp3) is 0.0263. The van der Waals surface area contributed by atoms with Crippen molar-refractivity contribution < 1.29 is 0 Å². The standard InChI is InChI=1S/C38H30N4/c1-29-27-35(41(31-13-5-2-6-14-31)32-15-7-3-8-16-32)24-25-37(29)42(33-17-9-4-10-18-33)34-22-20-30(21-23-34)36-28-40-26-12-11-19-38(40)39-36/h2-28H,1H3. The summed E-state index contributed by atoms with van der Waals surface area (Å²) in [4.78, 5) is 9.43. The Morgan fingerprint density at radius 2 is 1.02 bits per heavy atom. The molecule has 0 aliphatic rings. The predicted octanol–water partition coefficient (Wildman–Crippen LogP) is 10.2. The van der Waals surface area contributed by atoms with Crippen molar-refractivity contribution in [1.29, 1.82) is 0 Å². The van der Waals surface area contributed by atoms with Gasteiger partial charge in [0, 0.05) is 52.1 Å². The number of nitrogens with zero attached hydrogens (tertiary/aromatic N) is 4. The van der Waals surface area contributed by atoms with E-state index in [9.17, 15) is 0 Å². The van der Waals surface area contributed by atoms with Crippen molar-refractivity contribution in [3.05, 3.63) is 170 Å². The Morgan fingerprint density at radius 1 is 0.500 bits per heavy atom. The zero-order valence-electron chi connectivity index (χ0n) is 23.4. The highest BCUT2D eigenvalue weighted by Gasteiger charge is 2.18. The van der Waals surface area contributed by atoms with E-state index in [1.54, 1.807) is 0 Å². The average molecular weight is 543 g/mol. The third-order valence-electron chi connectivity index (χ3n) is 7.51. The minimum Gasteiger partial charge on any atom is -0.310 e. The van der Waals surface area contributed by atoms with Crippen molar-refractivity contribution in [3.63, 3.8) is 0 Å². The lowest BCUT2D eigenvalue weighted by molar-refractivity contribution is 1.19. The Kier molecular flexibility index (Phi) is 6.71. The van der Waals surface area contributed by atoms with Crippen LogP contribution in [0.4, 0.5) is 34.1 Å². The van der Waals surface area contributed by atoms with Gasteiger partial charge in [0.25, 0.3) is 0 Å². The second-order valence-corrected chi connectivity index (χ2v) is 10.3. The fourth-order valence-electron chi connectivity index (χ4n) is 5.49. The number of hydrogen-bond acceptors (Lipinski definition) is 3. The van der Waals surface area contributed by atoms with Crippen molar-refractivity contribution >= 4 is 39.8 Å². The molecule has 0 bridgehead atoms. The summed E-state index contributed by atoms with van der Waals surface area (Å²) in [6.45, 7) is 2.19. The topological polar surface area (TPSA) is 23.8 Å². The first kappa shape index (κ1) is 25.4. The summed E-state index contributed by atoms with van der Waals surface area (Å²) >= 11 is 0. The molecule has 0 aliphatic heterocycles. The van der Waals surface area contributed by atoms with Crippen LogP contribution in [0, 0.1) is 6.92 Å². The number of pyridine rings is 1. The van der Waals surface area contributed by atoms with Gasteiger partial charge in [-0.2, -0.15) is 0 Å². The molecule has 202 valence electrons. The first-order valence-corrected chi connectivity index (χ1v) is 14.1. The summed E-state index contributed by atoms with van der Waals surface area (Å²) in [7, 11) is 0. The van der Waals surface area contributed by atoms with Crippen LogP contribution in [0.15, 0.2) is 164 Å². The molecule has 2 heterocycles. The van der Waals surface area contributed by atoms with Gasteiger partial charge in [0.2, 0.25) is 0 Å². The third kappa shape index (κ3) is 4.91. The smallest absolute Gasteiger partial charge is 0.137 e. The molecule has 0 saturated heterocycles. The van der Waals surface area contributed by atoms with E-state index in [0.29, 0.717) is 0 Å². The highest BCUT2D eigenvalue weighted by Crippen LogP contribution is 2.41. The van der Waals surface area contributed by atoms with Crippen molar-refractivity contribution in [2.75, 3.05) is 9.80 Å². The summed E-state index contributed by atoms with van der Waals surface area (Å²) in [5, 5.41) is 0. The maximum absolute atomic E-state index is 4.81. The molecule has 2 aromatic heterocycles. The van der Waals surface area contributed by atoms with Gasteiger partial charge < -0.3 is 14.2 Å². The van der Waals surface area contributed by atoms with Crippen molar-refractivity contribution in [2.24, 2.45) is 0 Å². The van der Waals surface area contributed by atoms with Crippen LogP contribution in [0.2, 0.25) is 0 Å². The fourth-order valence-corrected chi connectivity index (χ4v) is 5.49. The van der Waals surface area contributed by atoms with Gasteiger partial charge in [-0.25, -0.2) is 4.98 Å². The zero-order chi connectivity index (χ0) is 28.3. The minimum atomic E-state index is 0.943. The molecule has 0 radical (unpaired) electrons. The Hall–Kier alpha value is -5.61. The Morgan fingerprint density at radius 3 is 1.60 bits per heavy atom. The maximum Gasteiger partial charge on any atom is 0.137 e. The van der Waals surface area contributed by atoms with E-state index in [1.165, 1.54) is 5.56 Å². The van der Waals surface area contributed by atoms with Crippen molar-refractivity contribution in [2.45, 2.75) is 6.92 Å². The molecule has 0 unspecified atom stereocenters. The van der Waals surface area contributed by atoms with Gasteiger partial charge in [-0.15, -0.1) is 0 Å². The molecular weight excluding hydrogens is 512 g/mol. The summed E-state index contributed by atoms with van der Waals surface area (Å²) in [6, 6.07) is 53.0. The van der Waals surface area contributed by atoms with Gasteiger partial charge in [0.1, 0.15) is 5.65 Å². The van der Waals surface area contributed by atoms with Crippen molar-refractivity contribution in [3.8, 4) is 11.3 Å². The molecule has 7 aromatic rings. The lowest BCUT2D eigenvalue weighted by Gasteiger charge is -2.30. The van der Waals surface area contributed by atoms with E-state index in [4.69, 9.17) is 4.98 Å². The van der Waals surface area contributed by atoms with Crippen LogP contribution < -0.4 is 9.80 Å². The van der Waals surface area contributed by atoms with E-state index >= 15 is 0 Å². The number of aromatic nitrogens is 2. The lowest BCUT2D eigenvalue weighted by atomic mass is 10.1. The van der Waals surface area contributed by atoms with Gasteiger partial charge in [0.15, 0.2) is 0 Å². The normalized spacial score (nSPS) is 11.0. The first-order valence-electron chi connectivity index (χ1n) is 14.1. The number of benzene rings is 5. The third-order valence-corrected chi connectivity index (χ3v) is 7.51. The van der Waals surface area contributed by atoms with Crippen LogP contribution in [0.5, 0.6) is 0 Å². The molecule has 4 heteroatoms. The summed E-state index contributed by atoms with van der Waals surface area (Å²) in [5.74, 6) is 0. The summed E-state index contributed by atoms with van der Waals surface area (Å²) in [5.41, 5.74) is 10.9. The van der Waals surface area contributed by atoms with E-state index in [1.807, 2.05) is 24.4 Å². The zero-order valence-corrected chi connectivity index (χ0v) is 23.4. The highest BCUT2D eigenvalue weighted by atomic mass is 15.2. The molecule has 7 rings (SSSR count). The maximum atomic E-state index is 4.81. The lowest BCUT2D eigenvalue weighted by Crippen LogP contribution is -2.13. The second kappa shape index (κ2) is 11.1. The molecule has 0 fully saturated rings. The quantitative estimate of drug-likeness (QED) is 0.200. The number of rotatable bonds is 7. The molecule has 0 amide bonds. The molecule has 0 spiro atoms. The monoisotopic (exact) mass is 542 g/mol. The number of anilines is 6. The van der Waals surface area contributed by atoms with Gasteiger partial charge in [0.05, 0.1) is 5.69 Å². The minimum absolute atomic E-state index is 0.943. The number of para-hydroxylation sites is 3. The van der Waals surface area contributed by atoms with E-state index < -0.39 is 0 Å². The SMILES string of the molecule is Cc1cc(N(c2ccccc2)c2ccccc2)ccc1N(c1ccccc1)c1ccc(-c2cn3ccccc3n2)cc1. The van der Waals surface area contributed by atoms with Gasteiger partial charge in [-0.1, -0.05) is 72.8 Å². The molecule has 42 heavy (non-hydrogen) atoms. The van der Waals surface area contributed by atoms with Crippen LogP contribution in [0.25, 0.3) is 16.9 Å². The Balaban J connectivity index is 1.29. The first-order chi connectivity index (χ1) is 20.7.